The molecule has 0 unspecified atom stereocenters. The van der Waals surface area contributed by atoms with Gasteiger partial charge in [0.25, 0.3) is 0 Å². The molecule has 0 saturated heterocycles. The summed E-state index contributed by atoms with van der Waals surface area (Å²) in [5.74, 6) is 2.05. The van der Waals surface area contributed by atoms with Crippen LogP contribution >= 0.6 is 0 Å². The molecule has 0 atom stereocenters. The van der Waals surface area contributed by atoms with E-state index in [-0.39, 0.29) is 12.0 Å². The monoisotopic (exact) mass is 239 g/mol. The molecule has 0 saturated carbocycles. The van der Waals surface area contributed by atoms with E-state index in [9.17, 15) is 0 Å². The molecule has 0 fully saturated rings. The second-order valence-electron chi connectivity index (χ2n) is 5.32. The molecule has 3 nitrogen and oxygen atoms in total. The maximum absolute atomic E-state index is 9.12. The lowest BCUT2D eigenvalue weighted by Crippen LogP contribution is -2.20. The van der Waals surface area contributed by atoms with Crippen molar-refractivity contribution >= 4 is 0 Å². The van der Waals surface area contributed by atoms with Gasteiger partial charge in [0.15, 0.2) is 0 Å². The van der Waals surface area contributed by atoms with Crippen molar-refractivity contribution < 1.29 is 9.52 Å². The van der Waals surface area contributed by atoms with E-state index in [1.165, 1.54) is 0 Å². The normalized spacial score (nSPS) is 12.0. The van der Waals surface area contributed by atoms with Crippen LogP contribution in [0.25, 0.3) is 0 Å². The van der Waals surface area contributed by atoms with Crippen LogP contribution in [0.2, 0.25) is 0 Å². The van der Waals surface area contributed by atoms with Crippen LogP contribution in [0.5, 0.6) is 0 Å². The fourth-order valence-electron chi connectivity index (χ4n) is 1.69. The van der Waals surface area contributed by atoms with Crippen molar-refractivity contribution in [3.63, 3.8) is 0 Å². The molecule has 0 radical (unpaired) electrons. The van der Waals surface area contributed by atoms with Gasteiger partial charge in [-0.2, -0.15) is 0 Å². The predicted octanol–water partition coefficient (Wildman–Crippen LogP) is 2.73. The van der Waals surface area contributed by atoms with Gasteiger partial charge in [-0.1, -0.05) is 20.8 Å². The van der Waals surface area contributed by atoms with Crippen LogP contribution in [0.1, 0.15) is 45.1 Å². The van der Waals surface area contributed by atoms with E-state index in [2.05, 4.69) is 26.1 Å². The fraction of sp³-hybridized carbons (Fsp3) is 0.714. The smallest absolute Gasteiger partial charge is 0.117 e. The standard InChI is InChI=1S/C14H25NO2/c1-4-12-6-7-13(17-12)10-15-9-5-8-14(2,3)11-16/h6-7,15-16H,4-5,8-11H2,1-3H3. The second-order valence-corrected chi connectivity index (χ2v) is 5.32. The van der Waals surface area contributed by atoms with Crippen molar-refractivity contribution in [3.05, 3.63) is 23.7 Å². The number of rotatable bonds is 8. The van der Waals surface area contributed by atoms with Gasteiger partial charge in [0.1, 0.15) is 11.5 Å². The van der Waals surface area contributed by atoms with Gasteiger partial charge in [0.05, 0.1) is 6.54 Å². The fourth-order valence-corrected chi connectivity index (χ4v) is 1.69. The van der Waals surface area contributed by atoms with Crippen molar-refractivity contribution in [2.45, 2.75) is 46.6 Å². The van der Waals surface area contributed by atoms with E-state index < -0.39 is 0 Å². The summed E-state index contributed by atoms with van der Waals surface area (Å²) in [5.41, 5.74) is 0.0434. The van der Waals surface area contributed by atoms with Gasteiger partial charge in [-0.25, -0.2) is 0 Å². The first-order chi connectivity index (χ1) is 8.07. The van der Waals surface area contributed by atoms with Crippen LogP contribution < -0.4 is 5.32 Å². The Morgan fingerprint density at radius 2 is 2.00 bits per heavy atom. The highest BCUT2D eigenvalue weighted by Gasteiger charge is 2.15. The molecule has 1 heterocycles. The molecule has 0 aliphatic heterocycles. The van der Waals surface area contributed by atoms with E-state index in [4.69, 9.17) is 9.52 Å². The third-order valence-electron chi connectivity index (χ3n) is 3.00. The number of nitrogens with one attached hydrogen (secondary N) is 1. The van der Waals surface area contributed by atoms with E-state index >= 15 is 0 Å². The molecular weight excluding hydrogens is 214 g/mol. The highest BCUT2D eigenvalue weighted by atomic mass is 16.3. The summed E-state index contributed by atoms with van der Waals surface area (Å²) in [6.45, 7) is 8.28. The number of aryl methyl sites for hydroxylation is 1. The summed E-state index contributed by atoms with van der Waals surface area (Å²) < 4.78 is 5.60. The van der Waals surface area contributed by atoms with Crippen LogP contribution in [0.4, 0.5) is 0 Å². The van der Waals surface area contributed by atoms with Gasteiger partial charge < -0.3 is 14.8 Å². The molecule has 0 spiro atoms. The van der Waals surface area contributed by atoms with Gasteiger partial charge in [-0.3, -0.25) is 0 Å². The Kier molecular flexibility index (Phi) is 5.72. The molecule has 98 valence electrons. The summed E-state index contributed by atoms with van der Waals surface area (Å²) >= 11 is 0. The van der Waals surface area contributed by atoms with Gasteiger partial charge >= 0.3 is 0 Å². The molecule has 0 bridgehead atoms. The molecule has 0 aliphatic rings. The zero-order valence-electron chi connectivity index (χ0n) is 11.3. The van der Waals surface area contributed by atoms with Crippen LogP contribution in [-0.2, 0) is 13.0 Å². The lowest BCUT2D eigenvalue weighted by molar-refractivity contribution is 0.148. The van der Waals surface area contributed by atoms with E-state index in [0.29, 0.717) is 0 Å². The lowest BCUT2D eigenvalue weighted by atomic mass is 9.89. The minimum atomic E-state index is 0.0434. The molecular formula is C14H25NO2. The van der Waals surface area contributed by atoms with Crippen molar-refractivity contribution in [2.75, 3.05) is 13.2 Å². The Morgan fingerprint density at radius 1 is 1.29 bits per heavy atom. The van der Waals surface area contributed by atoms with E-state index in [1.807, 2.05) is 12.1 Å². The first-order valence-corrected chi connectivity index (χ1v) is 6.46. The third-order valence-corrected chi connectivity index (χ3v) is 3.00. The molecule has 0 aliphatic carbocycles. The first kappa shape index (κ1) is 14.3. The number of hydrogen-bond acceptors (Lipinski definition) is 3. The molecule has 0 aromatic carbocycles. The lowest BCUT2D eigenvalue weighted by Gasteiger charge is -2.21. The Balaban J connectivity index is 2.12. The number of furan rings is 1. The third kappa shape index (κ3) is 5.37. The molecule has 1 aromatic heterocycles. The molecule has 2 N–H and O–H groups in total. The Labute approximate surface area is 104 Å². The summed E-state index contributed by atoms with van der Waals surface area (Å²) in [6, 6.07) is 4.06. The molecule has 1 rings (SSSR count). The molecule has 3 heteroatoms. The summed E-state index contributed by atoms with van der Waals surface area (Å²) in [7, 11) is 0. The summed E-state index contributed by atoms with van der Waals surface area (Å²) in [6.07, 6.45) is 3.06. The zero-order valence-corrected chi connectivity index (χ0v) is 11.3. The Morgan fingerprint density at radius 3 is 2.59 bits per heavy atom. The maximum atomic E-state index is 9.12. The van der Waals surface area contributed by atoms with Gasteiger partial charge in [0.2, 0.25) is 0 Å². The van der Waals surface area contributed by atoms with Crippen LogP contribution in [0, 0.1) is 5.41 Å². The summed E-state index contributed by atoms with van der Waals surface area (Å²) in [4.78, 5) is 0. The maximum Gasteiger partial charge on any atom is 0.117 e. The zero-order chi connectivity index (χ0) is 12.7. The molecule has 17 heavy (non-hydrogen) atoms. The average Bonchev–Trinajstić information content (AvgIpc) is 2.76. The van der Waals surface area contributed by atoms with E-state index in [1.54, 1.807) is 0 Å². The van der Waals surface area contributed by atoms with Gasteiger partial charge in [-0.15, -0.1) is 0 Å². The van der Waals surface area contributed by atoms with Crippen LogP contribution in [0.15, 0.2) is 16.5 Å². The van der Waals surface area contributed by atoms with Crippen molar-refractivity contribution in [2.24, 2.45) is 5.41 Å². The van der Waals surface area contributed by atoms with Gasteiger partial charge in [-0.05, 0) is 36.9 Å². The topological polar surface area (TPSA) is 45.4 Å². The minimum absolute atomic E-state index is 0.0434. The summed E-state index contributed by atoms with van der Waals surface area (Å²) in [5, 5.41) is 12.5. The highest BCUT2D eigenvalue weighted by Crippen LogP contribution is 2.20. The average molecular weight is 239 g/mol. The Bertz CT molecular complexity index is 318. The van der Waals surface area contributed by atoms with Crippen LogP contribution in [-0.4, -0.2) is 18.3 Å². The largest absolute Gasteiger partial charge is 0.465 e. The quantitative estimate of drug-likeness (QED) is 0.686. The Hall–Kier alpha value is -0.800. The molecule has 1 aromatic rings. The molecule has 0 amide bonds. The number of aliphatic hydroxyl groups excluding tert-OH is 1. The van der Waals surface area contributed by atoms with Gasteiger partial charge in [0, 0.05) is 13.0 Å². The predicted molar refractivity (Wildman–Crippen MR) is 69.9 cm³/mol. The van der Waals surface area contributed by atoms with Crippen molar-refractivity contribution in [3.8, 4) is 0 Å². The SMILES string of the molecule is CCc1ccc(CNCCCC(C)(C)CO)o1. The van der Waals surface area contributed by atoms with Crippen molar-refractivity contribution in [1.29, 1.82) is 0 Å². The first-order valence-electron chi connectivity index (χ1n) is 6.46. The van der Waals surface area contributed by atoms with Crippen LogP contribution in [0.3, 0.4) is 0 Å². The highest BCUT2D eigenvalue weighted by molar-refractivity contribution is 5.06. The number of aliphatic hydroxyl groups is 1. The van der Waals surface area contributed by atoms with E-state index in [0.717, 1.165) is 43.9 Å². The second kappa shape index (κ2) is 6.82. The number of hydrogen-bond donors (Lipinski definition) is 2. The minimum Gasteiger partial charge on any atom is -0.465 e. The van der Waals surface area contributed by atoms with Crippen molar-refractivity contribution in [1.82, 2.24) is 5.32 Å².